The highest BCUT2D eigenvalue weighted by Crippen LogP contribution is 2.62. The van der Waals surface area contributed by atoms with Gasteiger partial charge in [0, 0.05) is 33.2 Å². The summed E-state index contributed by atoms with van der Waals surface area (Å²) in [5.41, 5.74) is 22.4. The fraction of sp³-hybridized carbons (Fsp3) is 0.0690. The van der Waals surface area contributed by atoms with Crippen molar-refractivity contribution in [3.05, 3.63) is 240 Å². The highest BCUT2D eigenvalue weighted by Gasteiger charge is 2.51. The van der Waals surface area contributed by atoms with Crippen molar-refractivity contribution in [3.8, 4) is 39.1 Å². The Morgan fingerprint density at radius 2 is 0.917 bits per heavy atom. The molecule has 2 aliphatic carbocycles. The number of hydrogen-bond donors (Lipinski definition) is 0. The minimum absolute atomic E-state index is 0.0493. The smallest absolute Gasteiger partial charge is 0.0755 e. The molecule has 2 heteroatoms. The van der Waals surface area contributed by atoms with Crippen LogP contribution in [0.3, 0.4) is 0 Å². The maximum absolute atomic E-state index is 2.53. The molecule has 9 aromatic carbocycles. The van der Waals surface area contributed by atoms with Gasteiger partial charge < -0.3 is 9.47 Å². The Labute approximate surface area is 350 Å². The van der Waals surface area contributed by atoms with Gasteiger partial charge in [0.25, 0.3) is 0 Å². The van der Waals surface area contributed by atoms with Crippen LogP contribution in [0, 0.1) is 0 Å². The second kappa shape index (κ2) is 12.1. The second-order valence-electron chi connectivity index (χ2n) is 17.2. The average molecular weight is 765 g/mol. The van der Waals surface area contributed by atoms with Crippen LogP contribution in [0.2, 0.25) is 0 Å². The first-order chi connectivity index (χ1) is 29.5. The van der Waals surface area contributed by atoms with Gasteiger partial charge in [0.05, 0.1) is 22.1 Å². The SMILES string of the molecule is CC1(C)c2ccccc2-c2ccc(-c3ccc(N(c4ccccc4)c4cc5c6c(c4)c4ccccc4n6-c4ccccc4C54c5ccccc5-c5ccccc54)cc3)cc21. The van der Waals surface area contributed by atoms with Gasteiger partial charge >= 0.3 is 0 Å². The molecule has 0 radical (unpaired) electrons. The summed E-state index contributed by atoms with van der Waals surface area (Å²) in [5.74, 6) is 0. The molecule has 0 bridgehead atoms. The lowest BCUT2D eigenvalue weighted by Gasteiger charge is -2.40. The highest BCUT2D eigenvalue weighted by molar-refractivity contribution is 6.14. The predicted octanol–water partition coefficient (Wildman–Crippen LogP) is 14.9. The maximum atomic E-state index is 2.53. The van der Waals surface area contributed by atoms with E-state index < -0.39 is 5.41 Å². The molecule has 2 heterocycles. The van der Waals surface area contributed by atoms with E-state index in [1.807, 2.05) is 0 Å². The number of nitrogens with zero attached hydrogens (tertiary/aromatic N) is 2. The van der Waals surface area contributed by atoms with E-state index in [0.29, 0.717) is 0 Å². The van der Waals surface area contributed by atoms with Gasteiger partial charge in [-0.2, -0.15) is 0 Å². The van der Waals surface area contributed by atoms with Gasteiger partial charge in [-0.1, -0.05) is 166 Å². The minimum Gasteiger partial charge on any atom is -0.310 e. The third-order valence-electron chi connectivity index (χ3n) is 14.0. The number of aromatic nitrogens is 1. The van der Waals surface area contributed by atoms with Gasteiger partial charge in [0.15, 0.2) is 0 Å². The molecule has 60 heavy (non-hydrogen) atoms. The molecule has 0 fully saturated rings. The molecule has 10 aromatic rings. The van der Waals surface area contributed by atoms with Gasteiger partial charge in [-0.05, 0) is 121 Å². The fourth-order valence-electron chi connectivity index (χ4n) is 11.4. The largest absolute Gasteiger partial charge is 0.310 e. The van der Waals surface area contributed by atoms with E-state index in [0.717, 1.165) is 17.1 Å². The lowest BCUT2D eigenvalue weighted by Crippen LogP contribution is -2.33. The van der Waals surface area contributed by atoms with Gasteiger partial charge in [-0.15, -0.1) is 0 Å². The lowest BCUT2D eigenvalue weighted by molar-refractivity contribution is 0.660. The van der Waals surface area contributed by atoms with Crippen molar-refractivity contribution >= 4 is 38.9 Å². The van der Waals surface area contributed by atoms with Crippen molar-refractivity contribution in [2.45, 2.75) is 24.7 Å². The summed E-state index contributed by atoms with van der Waals surface area (Å²) in [5, 5.41) is 2.51. The van der Waals surface area contributed by atoms with E-state index in [4.69, 9.17) is 0 Å². The van der Waals surface area contributed by atoms with E-state index >= 15 is 0 Å². The molecule has 1 aliphatic heterocycles. The Hall–Kier alpha value is -7.42. The number of hydrogen-bond acceptors (Lipinski definition) is 1. The fourth-order valence-corrected chi connectivity index (χ4v) is 11.4. The summed E-state index contributed by atoms with van der Waals surface area (Å²) in [7, 11) is 0. The molecular formula is C58H40N2. The molecule has 0 saturated carbocycles. The van der Waals surface area contributed by atoms with Crippen LogP contribution in [0.15, 0.2) is 206 Å². The van der Waals surface area contributed by atoms with E-state index in [-0.39, 0.29) is 5.41 Å². The summed E-state index contributed by atoms with van der Waals surface area (Å²) in [4.78, 5) is 2.45. The number of fused-ring (bicyclic) bond motifs is 15. The van der Waals surface area contributed by atoms with Crippen molar-refractivity contribution < 1.29 is 0 Å². The van der Waals surface area contributed by atoms with Crippen LogP contribution in [0.25, 0.3) is 60.9 Å². The Morgan fingerprint density at radius 1 is 0.367 bits per heavy atom. The monoisotopic (exact) mass is 764 g/mol. The van der Waals surface area contributed by atoms with Crippen LogP contribution < -0.4 is 4.90 Å². The van der Waals surface area contributed by atoms with Crippen LogP contribution >= 0.6 is 0 Å². The van der Waals surface area contributed by atoms with E-state index in [9.17, 15) is 0 Å². The Morgan fingerprint density at radius 3 is 1.65 bits per heavy atom. The van der Waals surface area contributed by atoms with Crippen LogP contribution in [0.1, 0.15) is 47.2 Å². The molecule has 0 unspecified atom stereocenters. The van der Waals surface area contributed by atoms with Crippen molar-refractivity contribution in [2.75, 3.05) is 4.90 Å². The molecule has 0 saturated heterocycles. The maximum Gasteiger partial charge on any atom is 0.0755 e. The predicted molar refractivity (Wildman–Crippen MR) is 249 cm³/mol. The number of anilines is 3. The number of rotatable bonds is 4. The molecule has 282 valence electrons. The molecule has 0 N–H and O–H groups in total. The van der Waals surface area contributed by atoms with Crippen LogP contribution in [-0.4, -0.2) is 4.57 Å². The first-order valence-electron chi connectivity index (χ1n) is 21.1. The van der Waals surface area contributed by atoms with E-state index in [1.165, 1.54) is 94.3 Å². The molecule has 3 aliphatic rings. The average Bonchev–Trinajstić information content (AvgIpc) is 3.88. The third-order valence-corrected chi connectivity index (χ3v) is 14.0. The van der Waals surface area contributed by atoms with Gasteiger partial charge in [0.2, 0.25) is 0 Å². The normalized spacial score (nSPS) is 14.4. The van der Waals surface area contributed by atoms with Crippen molar-refractivity contribution in [3.63, 3.8) is 0 Å². The summed E-state index contributed by atoms with van der Waals surface area (Å²) in [6.45, 7) is 4.71. The molecular weight excluding hydrogens is 725 g/mol. The minimum atomic E-state index is -0.518. The topological polar surface area (TPSA) is 8.17 Å². The Kier molecular flexibility index (Phi) is 6.74. The van der Waals surface area contributed by atoms with Crippen LogP contribution in [0.5, 0.6) is 0 Å². The van der Waals surface area contributed by atoms with Crippen LogP contribution in [-0.2, 0) is 10.8 Å². The zero-order valence-electron chi connectivity index (χ0n) is 33.5. The first-order valence-corrected chi connectivity index (χ1v) is 21.1. The standard InChI is InChI=1S/C58H40N2/c1-57(2)48-22-10-6-18-42(48)45-33-30-38(34-52(45)57)37-28-31-40(32-29-37)59(39-16-4-3-5-17-39)41-35-47-46-21-9-14-26-54(46)60-55-27-15-13-25-51(55)58(53(36-41)56(47)60)49-23-11-7-19-43(49)44-20-8-12-24-50(44)58/h3-36H,1-2H3. The Balaban J connectivity index is 1.05. The van der Waals surface area contributed by atoms with Gasteiger partial charge in [-0.25, -0.2) is 0 Å². The van der Waals surface area contributed by atoms with Crippen molar-refractivity contribution in [2.24, 2.45) is 0 Å². The highest BCUT2D eigenvalue weighted by atomic mass is 15.1. The summed E-state index contributed by atoms with van der Waals surface area (Å²) >= 11 is 0. The number of para-hydroxylation sites is 3. The molecule has 13 rings (SSSR count). The van der Waals surface area contributed by atoms with Crippen molar-refractivity contribution in [1.82, 2.24) is 4.57 Å². The zero-order valence-corrected chi connectivity index (χ0v) is 33.5. The Bertz CT molecular complexity index is 3360. The first kappa shape index (κ1) is 33.5. The molecule has 0 atom stereocenters. The number of benzene rings is 9. The zero-order chi connectivity index (χ0) is 39.7. The second-order valence-corrected chi connectivity index (χ2v) is 17.2. The van der Waals surface area contributed by atoms with Crippen molar-refractivity contribution in [1.29, 1.82) is 0 Å². The molecule has 1 aromatic heterocycles. The molecule has 2 nitrogen and oxygen atoms in total. The van der Waals surface area contributed by atoms with E-state index in [2.05, 4.69) is 230 Å². The lowest BCUT2D eigenvalue weighted by atomic mass is 9.65. The summed E-state index contributed by atoms with van der Waals surface area (Å²) < 4.78 is 2.53. The molecule has 1 spiro atoms. The quantitative estimate of drug-likeness (QED) is 0.173. The molecule has 0 amide bonds. The van der Waals surface area contributed by atoms with Crippen LogP contribution in [0.4, 0.5) is 17.1 Å². The van der Waals surface area contributed by atoms with E-state index in [1.54, 1.807) is 0 Å². The van der Waals surface area contributed by atoms with Gasteiger partial charge in [-0.3, -0.25) is 0 Å². The summed E-state index contributed by atoms with van der Waals surface area (Å²) in [6, 6.07) is 77.2. The third kappa shape index (κ3) is 4.27. The van der Waals surface area contributed by atoms with Gasteiger partial charge in [0.1, 0.15) is 0 Å². The summed E-state index contributed by atoms with van der Waals surface area (Å²) in [6.07, 6.45) is 0.